The topological polar surface area (TPSA) is 13.1 Å². The molecule has 3 heteroatoms. The van der Waals surface area contributed by atoms with E-state index in [1.54, 1.807) is 0 Å². The van der Waals surface area contributed by atoms with E-state index in [0.717, 1.165) is 11.5 Å². The third-order valence-electron chi connectivity index (χ3n) is 5.34. The first kappa shape index (κ1) is 16.1. The van der Waals surface area contributed by atoms with Gasteiger partial charge in [0, 0.05) is 11.6 Å². The van der Waals surface area contributed by atoms with Gasteiger partial charge in [-0.25, -0.2) is 4.57 Å². The Bertz CT molecular complexity index is 991. The van der Waals surface area contributed by atoms with Gasteiger partial charge in [-0.05, 0) is 48.0 Å². The summed E-state index contributed by atoms with van der Waals surface area (Å²) in [5, 5.41) is 2.78. The molecule has 2 aromatic carbocycles. The summed E-state index contributed by atoms with van der Waals surface area (Å²) in [7, 11) is 0.366. The Hall–Kier alpha value is -2.39. The van der Waals surface area contributed by atoms with Crippen molar-refractivity contribution in [1.82, 2.24) is 0 Å². The minimum Gasteiger partial charge on any atom is -0.458 e. The minimum absolute atomic E-state index is 1.02. The first-order valence-corrected chi connectivity index (χ1v) is 11.8. The normalized spacial score (nSPS) is 14.4. The molecule has 25 heavy (non-hydrogen) atoms. The summed E-state index contributed by atoms with van der Waals surface area (Å²) in [6.45, 7) is 9.16. The van der Waals surface area contributed by atoms with Gasteiger partial charge in [-0.1, -0.05) is 37.4 Å². The lowest BCUT2D eigenvalue weighted by atomic mass is 10.0. The van der Waals surface area contributed by atoms with Crippen LogP contribution < -0.4 is 19.7 Å². The quantitative estimate of drug-likeness (QED) is 0.483. The summed E-state index contributed by atoms with van der Waals surface area (Å²) in [5.74, 6) is 2.05. The standard InChI is InChI=1S/C22H24NOSi/c1-15-10-11-18(23(3)14-15)17-13-20-22(12-16(17)2)25(4,5)21-9-7-6-8-19(21)24-20/h6-14H,1-5H3/q+1. The molecule has 1 aromatic heterocycles. The first-order valence-electron chi connectivity index (χ1n) is 8.77. The van der Waals surface area contributed by atoms with Gasteiger partial charge >= 0.3 is 0 Å². The van der Waals surface area contributed by atoms with Crippen molar-refractivity contribution >= 4 is 18.4 Å². The molecule has 0 saturated carbocycles. The van der Waals surface area contributed by atoms with Gasteiger partial charge in [0.25, 0.3) is 0 Å². The Morgan fingerprint density at radius 3 is 2.40 bits per heavy atom. The molecule has 0 amide bonds. The number of pyridine rings is 1. The van der Waals surface area contributed by atoms with Gasteiger partial charge in [-0.3, -0.25) is 0 Å². The molecule has 0 bridgehead atoms. The van der Waals surface area contributed by atoms with Crippen LogP contribution in [0.4, 0.5) is 0 Å². The first-order chi connectivity index (χ1) is 11.9. The molecule has 2 nitrogen and oxygen atoms in total. The molecule has 4 rings (SSSR count). The second kappa shape index (κ2) is 5.56. The van der Waals surface area contributed by atoms with E-state index in [4.69, 9.17) is 4.74 Å². The highest BCUT2D eigenvalue weighted by Crippen LogP contribution is 2.33. The molecule has 0 saturated heterocycles. The predicted octanol–water partition coefficient (Wildman–Crippen LogP) is 3.72. The average Bonchev–Trinajstić information content (AvgIpc) is 2.56. The van der Waals surface area contributed by atoms with Crippen molar-refractivity contribution in [3.8, 4) is 22.8 Å². The molecule has 126 valence electrons. The Labute approximate surface area is 150 Å². The summed E-state index contributed by atoms with van der Waals surface area (Å²) in [6.07, 6.45) is 2.17. The number of nitrogens with zero attached hydrogens (tertiary/aromatic N) is 1. The van der Waals surface area contributed by atoms with Gasteiger partial charge in [-0.15, -0.1) is 0 Å². The van der Waals surface area contributed by atoms with Gasteiger partial charge in [0.15, 0.2) is 6.20 Å². The third kappa shape index (κ3) is 2.50. The molecule has 0 N–H and O–H groups in total. The summed E-state index contributed by atoms with van der Waals surface area (Å²) in [6, 6.07) is 17.5. The molecule has 0 aliphatic carbocycles. The van der Waals surface area contributed by atoms with Crippen LogP contribution >= 0.6 is 0 Å². The van der Waals surface area contributed by atoms with Crippen LogP contribution in [0.1, 0.15) is 11.1 Å². The number of hydrogen-bond acceptors (Lipinski definition) is 1. The fourth-order valence-electron chi connectivity index (χ4n) is 3.90. The van der Waals surface area contributed by atoms with Crippen molar-refractivity contribution in [2.45, 2.75) is 26.9 Å². The molecule has 0 atom stereocenters. The van der Waals surface area contributed by atoms with E-state index < -0.39 is 8.07 Å². The largest absolute Gasteiger partial charge is 0.458 e. The van der Waals surface area contributed by atoms with Crippen molar-refractivity contribution < 1.29 is 9.30 Å². The molecule has 0 fully saturated rings. The van der Waals surface area contributed by atoms with E-state index in [0.29, 0.717) is 0 Å². The lowest BCUT2D eigenvalue weighted by Gasteiger charge is -2.33. The molecule has 0 spiro atoms. The Kier molecular flexibility index (Phi) is 3.58. The number of para-hydroxylation sites is 1. The Balaban J connectivity index is 1.92. The van der Waals surface area contributed by atoms with E-state index in [1.807, 2.05) is 0 Å². The van der Waals surface area contributed by atoms with E-state index in [-0.39, 0.29) is 0 Å². The highest BCUT2D eigenvalue weighted by Gasteiger charge is 2.37. The van der Waals surface area contributed by atoms with Crippen LogP contribution in [-0.2, 0) is 7.05 Å². The van der Waals surface area contributed by atoms with E-state index >= 15 is 0 Å². The molecular formula is C22H24NOSi+. The summed E-state index contributed by atoms with van der Waals surface area (Å²) >= 11 is 0. The highest BCUT2D eigenvalue weighted by atomic mass is 28.3. The molecule has 2 heterocycles. The zero-order valence-electron chi connectivity index (χ0n) is 15.6. The average molecular weight is 347 g/mol. The highest BCUT2D eigenvalue weighted by molar-refractivity contribution is 7.01. The smallest absolute Gasteiger partial charge is 0.212 e. The zero-order valence-corrected chi connectivity index (χ0v) is 16.6. The van der Waals surface area contributed by atoms with Crippen LogP contribution in [0.15, 0.2) is 54.7 Å². The van der Waals surface area contributed by atoms with Crippen LogP contribution in [0.25, 0.3) is 11.3 Å². The SMILES string of the molecule is Cc1ccc(-c2cc3c(cc2C)[Si](C)(C)c2ccccc2O3)[n+](C)c1. The summed E-state index contributed by atoms with van der Waals surface area (Å²) in [4.78, 5) is 0. The van der Waals surface area contributed by atoms with Gasteiger partial charge in [0.05, 0.1) is 5.56 Å². The lowest BCUT2D eigenvalue weighted by Crippen LogP contribution is -2.56. The van der Waals surface area contributed by atoms with Gasteiger partial charge in [0.2, 0.25) is 5.69 Å². The number of fused-ring (bicyclic) bond motifs is 2. The van der Waals surface area contributed by atoms with Crippen molar-refractivity contribution in [2.75, 3.05) is 0 Å². The summed E-state index contributed by atoms with van der Waals surface area (Å²) < 4.78 is 8.52. The van der Waals surface area contributed by atoms with Crippen molar-refractivity contribution in [3.63, 3.8) is 0 Å². The van der Waals surface area contributed by atoms with Crippen molar-refractivity contribution in [3.05, 3.63) is 65.9 Å². The molecule has 3 aromatic rings. The number of benzene rings is 2. The molecule has 0 radical (unpaired) electrons. The second-order valence-corrected chi connectivity index (χ2v) is 11.9. The van der Waals surface area contributed by atoms with E-state index in [1.165, 1.54) is 32.8 Å². The van der Waals surface area contributed by atoms with Crippen LogP contribution in [0.2, 0.25) is 13.1 Å². The maximum Gasteiger partial charge on any atom is 0.212 e. The fraction of sp³-hybridized carbons (Fsp3) is 0.227. The number of hydrogen-bond donors (Lipinski definition) is 0. The van der Waals surface area contributed by atoms with Crippen molar-refractivity contribution in [2.24, 2.45) is 7.05 Å². The Morgan fingerprint density at radius 1 is 0.880 bits per heavy atom. The molecule has 0 unspecified atom stereocenters. The van der Waals surface area contributed by atoms with E-state index in [2.05, 4.69) is 93.3 Å². The van der Waals surface area contributed by atoms with Crippen LogP contribution in [0.3, 0.4) is 0 Å². The van der Waals surface area contributed by atoms with Crippen molar-refractivity contribution in [1.29, 1.82) is 0 Å². The van der Waals surface area contributed by atoms with Crippen LogP contribution in [-0.4, -0.2) is 8.07 Å². The van der Waals surface area contributed by atoms with Gasteiger partial charge < -0.3 is 4.74 Å². The molecule has 1 aliphatic heterocycles. The van der Waals surface area contributed by atoms with Crippen LogP contribution in [0, 0.1) is 13.8 Å². The predicted molar refractivity (Wildman–Crippen MR) is 106 cm³/mol. The maximum atomic E-state index is 6.32. The monoisotopic (exact) mass is 346 g/mol. The summed E-state index contributed by atoms with van der Waals surface area (Å²) in [5.41, 5.74) is 5.03. The number of aryl methyl sites for hydroxylation is 3. The zero-order chi connectivity index (χ0) is 17.8. The van der Waals surface area contributed by atoms with Gasteiger partial charge in [0.1, 0.15) is 26.6 Å². The number of ether oxygens (including phenoxy) is 1. The minimum atomic E-state index is -1.74. The second-order valence-electron chi connectivity index (χ2n) is 7.59. The molecular weight excluding hydrogens is 322 g/mol. The lowest BCUT2D eigenvalue weighted by molar-refractivity contribution is -0.660. The van der Waals surface area contributed by atoms with Gasteiger partial charge in [-0.2, -0.15) is 0 Å². The van der Waals surface area contributed by atoms with Crippen LogP contribution in [0.5, 0.6) is 11.5 Å². The fourth-order valence-corrected chi connectivity index (χ4v) is 6.77. The Morgan fingerprint density at radius 2 is 1.64 bits per heavy atom. The maximum absolute atomic E-state index is 6.32. The molecule has 1 aliphatic rings. The number of rotatable bonds is 1. The third-order valence-corrected chi connectivity index (χ3v) is 8.83. The number of aromatic nitrogens is 1. The van der Waals surface area contributed by atoms with E-state index in [9.17, 15) is 0 Å².